The van der Waals surface area contributed by atoms with Gasteiger partial charge in [0.15, 0.2) is 11.6 Å². The number of fused-ring (bicyclic) bond motifs is 4. The molecule has 6 heterocycles. The quantitative estimate of drug-likeness (QED) is 0.166. The molecule has 2 aromatic heterocycles. The summed E-state index contributed by atoms with van der Waals surface area (Å²) in [5, 5.41) is 14.5. The van der Waals surface area contributed by atoms with E-state index in [1.54, 1.807) is 42.6 Å². The van der Waals surface area contributed by atoms with Crippen molar-refractivity contribution in [3.63, 3.8) is 0 Å². The van der Waals surface area contributed by atoms with Crippen molar-refractivity contribution in [3.05, 3.63) is 132 Å². The van der Waals surface area contributed by atoms with Crippen molar-refractivity contribution in [2.45, 2.75) is 63.1 Å². The molecule has 4 fully saturated rings. The van der Waals surface area contributed by atoms with Crippen molar-refractivity contribution in [1.82, 2.24) is 35.2 Å². The molecule has 0 radical (unpaired) electrons. The van der Waals surface area contributed by atoms with Gasteiger partial charge >= 0.3 is 18.0 Å². The van der Waals surface area contributed by atoms with Crippen LogP contribution < -0.4 is 11.1 Å². The molecule has 17 heteroatoms. The number of hydrogen-bond donors (Lipinski definition) is 3. The number of hydrogen-bond acceptors (Lipinski definition) is 11. The van der Waals surface area contributed by atoms with Crippen molar-refractivity contribution in [2.24, 2.45) is 5.73 Å². The minimum absolute atomic E-state index is 0.0248. The lowest BCUT2D eigenvalue weighted by molar-refractivity contribution is -0.143. The number of nitrogens with two attached hydrogens (primary N) is 1. The van der Waals surface area contributed by atoms with Crippen LogP contribution >= 0.6 is 0 Å². The Morgan fingerprint density at radius 1 is 0.644 bits per heavy atom. The third-order valence-electron chi connectivity index (χ3n) is 10.2. The first-order valence-corrected chi connectivity index (χ1v) is 19.3. The first kappa shape index (κ1) is 42.1. The number of Topliss-reactive ketones (excluding diaryl/α,β-unsaturated/α-hetero) is 2. The highest BCUT2D eigenvalue weighted by Crippen LogP contribution is 2.32. The number of hydroxylamine groups is 4. The van der Waals surface area contributed by atoms with E-state index in [-0.39, 0.29) is 54.7 Å². The van der Waals surface area contributed by atoms with Crippen molar-refractivity contribution in [2.75, 3.05) is 26.2 Å². The number of carboxylic acids is 1. The monoisotopic (exact) mass is 806 g/mol. The predicted octanol–water partition coefficient (Wildman–Crippen LogP) is 3.48. The summed E-state index contributed by atoms with van der Waals surface area (Å²) in [5.41, 5.74) is 7.80. The lowest BCUT2D eigenvalue weighted by atomic mass is 10.0. The van der Waals surface area contributed by atoms with Crippen LogP contribution in [0.15, 0.2) is 109 Å². The second-order valence-electron chi connectivity index (χ2n) is 14.1. The Morgan fingerprint density at radius 2 is 1.10 bits per heavy atom. The molecule has 4 aromatic rings. The number of nitrogens with zero attached hydrogens (tertiary/aromatic N) is 6. The number of nitrogens with one attached hydrogen (secondary N) is 1. The summed E-state index contributed by atoms with van der Waals surface area (Å²) in [6.45, 7) is 1.37. The Bertz CT molecular complexity index is 2060. The Labute approximate surface area is 340 Å². The average molecular weight is 807 g/mol. The number of piperidine rings is 2. The van der Waals surface area contributed by atoms with Crippen LogP contribution in [0.1, 0.15) is 57.8 Å². The smallest absolute Gasteiger partial charge is 0.345 e. The minimum Gasteiger partial charge on any atom is -0.480 e. The highest BCUT2D eigenvalue weighted by Gasteiger charge is 2.49. The normalized spacial score (nSPS) is 20.2. The molecule has 0 saturated carbocycles. The number of ketones is 2. The van der Waals surface area contributed by atoms with Gasteiger partial charge in [-0.05, 0) is 61.1 Å². The Morgan fingerprint density at radius 3 is 1.56 bits per heavy atom. The van der Waals surface area contributed by atoms with Crippen LogP contribution in [0.2, 0.25) is 0 Å². The molecule has 308 valence electrons. The molecule has 59 heavy (non-hydrogen) atoms. The first-order chi connectivity index (χ1) is 28.6. The third-order valence-corrected chi connectivity index (χ3v) is 10.2. The van der Waals surface area contributed by atoms with E-state index in [1.165, 1.54) is 26.1 Å². The Hall–Kier alpha value is -6.56. The number of aliphatic carboxylic acids is 1. The fraction of sp³-hybridized carbons (Fsp3) is 0.333. The minimum atomic E-state index is -0.943. The highest BCUT2D eigenvalue weighted by molar-refractivity contribution is 5.99. The molecule has 4 N–H and O–H groups in total. The van der Waals surface area contributed by atoms with Crippen LogP contribution in [0.25, 0.3) is 0 Å². The standard InChI is InChI=1S/C21H22N4O4.C14H16N2O4.C7H8N2O/c26-19(17-8-4-5-11-22-17)12-23-20(27)18-10-9-16-13-24(18)21(28)25(16)29-14-15-6-2-1-3-7-15;17-13(18)12-7-6-11-8-15(12)14(19)16(11)20-9-10-4-2-1-3-5-10;8-5-7(10)6-3-1-2-4-9-6/h1-8,11,16,18H,9-10,12-14H2,(H,23,27);1-5,11-12H,6-9H2,(H,17,18);1-4H,5,8H2/t16-,18+;11-,12+;/m11./s1. The van der Waals surface area contributed by atoms with Gasteiger partial charge in [-0.2, -0.15) is 10.1 Å². The van der Waals surface area contributed by atoms with Gasteiger partial charge in [0.05, 0.1) is 25.2 Å². The van der Waals surface area contributed by atoms with Gasteiger partial charge in [0, 0.05) is 25.5 Å². The van der Waals surface area contributed by atoms with Crippen molar-refractivity contribution < 1.29 is 43.5 Å². The zero-order valence-electron chi connectivity index (χ0n) is 32.2. The number of pyridine rings is 2. The molecular weight excluding hydrogens is 761 g/mol. The molecule has 4 atom stereocenters. The lowest BCUT2D eigenvalue weighted by Gasteiger charge is -2.29. The summed E-state index contributed by atoms with van der Waals surface area (Å²) in [6.07, 6.45) is 5.45. The molecular formula is C42H46N8O9. The zero-order valence-corrected chi connectivity index (χ0v) is 32.2. The van der Waals surface area contributed by atoms with Gasteiger partial charge in [0.25, 0.3) is 0 Å². The maximum Gasteiger partial charge on any atom is 0.345 e. The molecule has 5 amide bonds. The number of urea groups is 2. The number of aromatic nitrogens is 2. The van der Waals surface area contributed by atoms with E-state index in [0.717, 1.165) is 11.1 Å². The van der Waals surface area contributed by atoms with Crippen molar-refractivity contribution in [3.8, 4) is 0 Å². The summed E-state index contributed by atoms with van der Waals surface area (Å²) in [5.74, 6) is -1.67. The second kappa shape index (κ2) is 20.2. The van der Waals surface area contributed by atoms with E-state index >= 15 is 0 Å². The molecule has 4 aliphatic heterocycles. The summed E-state index contributed by atoms with van der Waals surface area (Å²) in [6, 6.07) is 27.3. The molecule has 0 spiro atoms. The van der Waals surface area contributed by atoms with Gasteiger partial charge in [-0.25, -0.2) is 14.4 Å². The van der Waals surface area contributed by atoms with Gasteiger partial charge in [0.2, 0.25) is 5.91 Å². The van der Waals surface area contributed by atoms with Crippen molar-refractivity contribution in [1.29, 1.82) is 0 Å². The second-order valence-corrected chi connectivity index (χ2v) is 14.1. The third kappa shape index (κ3) is 10.7. The van der Waals surface area contributed by atoms with Gasteiger partial charge < -0.3 is 26.0 Å². The number of carbonyl (C=O) groups excluding carboxylic acids is 5. The Kier molecular flexibility index (Phi) is 14.4. The van der Waals surface area contributed by atoms with Gasteiger partial charge in [-0.3, -0.25) is 34.0 Å². The van der Waals surface area contributed by atoms with Gasteiger partial charge in [-0.15, -0.1) is 0 Å². The van der Waals surface area contributed by atoms with E-state index in [9.17, 15) is 28.8 Å². The highest BCUT2D eigenvalue weighted by atomic mass is 16.7. The van der Waals surface area contributed by atoms with Crippen LogP contribution in [0.4, 0.5) is 9.59 Å². The predicted molar refractivity (Wildman–Crippen MR) is 211 cm³/mol. The molecule has 4 bridgehead atoms. The van der Waals surface area contributed by atoms with Crippen LogP contribution in [0.3, 0.4) is 0 Å². The van der Waals surface area contributed by atoms with Gasteiger partial charge in [0.1, 0.15) is 36.7 Å². The van der Waals surface area contributed by atoms with Crippen LogP contribution in [0, 0.1) is 0 Å². The van der Waals surface area contributed by atoms with E-state index in [1.807, 2.05) is 60.7 Å². The molecule has 8 rings (SSSR count). The van der Waals surface area contributed by atoms with E-state index in [2.05, 4.69) is 15.3 Å². The number of carboxylic acid groups (broad SMARTS) is 1. The summed E-state index contributed by atoms with van der Waals surface area (Å²) < 4.78 is 0. The van der Waals surface area contributed by atoms with E-state index < -0.39 is 18.1 Å². The summed E-state index contributed by atoms with van der Waals surface area (Å²) in [7, 11) is 0. The maximum atomic E-state index is 12.8. The molecule has 4 aliphatic rings. The fourth-order valence-corrected chi connectivity index (χ4v) is 7.10. The zero-order chi connectivity index (χ0) is 41.7. The largest absolute Gasteiger partial charge is 0.480 e. The molecule has 2 aromatic carbocycles. The topological polar surface area (TPSA) is 218 Å². The Balaban J connectivity index is 0.000000168. The summed E-state index contributed by atoms with van der Waals surface area (Å²) >= 11 is 0. The first-order valence-electron chi connectivity index (χ1n) is 19.3. The molecule has 0 aliphatic carbocycles. The molecule has 0 unspecified atom stereocenters. The summed E-state index contributed by atoms with van der Waals surface area (Å²) in [4.78, 5) is 93.7. The SMILES string of the molecule is NCC(=O)c1ccccn1.O=C(CNC(=O)[C@@H]1CC[C@@H]2CN1C(=O)N2OCc1ccccc1)c1ccccn1.O=C(O)[C@@H]1CC[C@@H]2CN1C(=O)N2OCc1ccccc1. The van der Waals surface area contributed by atoms with E-state index in [4.69, 9.17) is 20.5 Å². The fourth-order valence-electron chi connectivity index (χ4n) is 7.10. The number of carbonyl (C=O) groups is 6. The number of rotatable bonds is 13. The lowest BCUT2D eigenvalue weighted by Crippen LogP contribution is -2.50. The number of amides is 5. The van der Waals surface area contributed by atoms with Crippen LogP contribution in [0.5, 0.6) is 0 Å². The molecule has 4 saturated heterocycles. The maximum absolute atomic E-state index is 12.8. The van der Waals surface area contributed by atoms with Crippen molar-refractivity contribution >= 4 is 35.5 Å². The molecule has 17 nitrogen and oxygen atoms in total. The van der Waals surface area contributed by atoms with Crippen LogP contribution in [-0.2, 0) is 32.5 Å². The van der Waals surface area contributed by atoms with Crippen LogP contribution in [-0.4, -0.2) is 121 Å². The number of benzene rings is 2. The average Bonchev–Trinajstić information content (AvgIpc) is 3.66. The van der Waals surface area contributed by atoms with E-state index in [0.29, 0.717) is 63.4 Å². The van der Waals surface area contributed by atoms with Gasteiger partial charge in [-0.1, -0.05) is 72.8 Å².